The molecule has 0 aromatic heterocycles. The van der Waals surface area contributed by atoms with Crippen LogP contribution in [0.2, 0.25) is 0 Å². The first-order valence-corrected chi connectivity index (χ1v) is 11.1. The molecule has 0 bridgehead atoms. The number of carbonyl (C=O) groups excluding carboxylic acids is 1. The summed E-state index contributed by atoms with van der Waals surface area (Å²) in [6.45, 7) is -0.148. The molecule has 1 aliphatic carbocycles. The number of rotatable bonds is 6. The van der Waals surface area contributed by atoms with E-state index >= 15 is 0 Å². The van der Waals surface area contributed by atoms with Crippen LogP contribution in [0.1, 0.15) is 42.7 Å². The number of carbonyl (C=O) groups is 1. The summed E-state index contributed by atoms with van der Waals surface area (Å²) < 4.78 is 53.5. The van der Waals surface area contributed by atoms with Gasteiger partial charge in [-0.15, -0.1) is 0 Å². The highest BCUT2D eigenvalue weighted by Crippen LogP contribution is 2.38. The van der Waals surface area contributed by atoms with Crippen molar-refractivity contribution >= 4 is 5.97 Å². The fraction of sp³-hybridized carbons (Fsp3) is 0.296. The van der Waals surface area contributed by atoms with Gasteiger partial charge in [-0.1, -0.05) is 30.3 Å². The molecule has 0 saturated heterocycles. The number of hydrogen-bond acceptors (Lipinski definition) is 4. The van der Waals surface area contributed by atoms with Crippen molar-refractivity contribution in [3.8, 4) is 22.6 Å². The Kier molecular flexibility index (Phi) is 7.22. The first-order valence-electron chi connectivity index (χ1n) is 11.1. The molecule has 178 valence electrons. The zero-order valence-electron chi connectivity index (χ0n) is 18.7. The predicted octanol–water partition coefficient (Wildman–Crippen LogP) is 6.15. The highest BCUT2D eigenvalue weighted by atomic mass is 19.2. The summed E-state index contributed by atoms with van der Waals surface area (Å²) in [5, 5.41) is 9.13. The van der Waals surface area contributed by atoms with Crippen molar-refractivity contribution in [3.05, 3.63) is 83.2 Å². The Morgan fingerprint density at radius 3 is 2.21 bits per heavy atom. The van der Waals surface area contributed by atoms with Gasteiger partial charge in [-0.05, 0) is 72.6 Å². The second-order valence-electron chi connectivity index (χ2n) is 8.46. The number of aliphatic hydroxyl groups excluding tert-OH is 1. The lowest BCUT2D eigenvalue weighted by atomic mass is 9.78. The monoisotopic (exact) mass is 470 g/mol. The highest BCUT2D eigenvalue weighted by molar-refractivity contribution is 5.76. The Morgan fingerprint density at radius 2 is 1.59 bits per heavy atom. The molecule has 1 fully saturated rings. The Morgan fingerprint density at radius 1 is 0.912 bits per heavy atom. The first-order chi connectivity index (χ1) is 16.4. The maximum Gasteiger partial charge on any atom is 0.314 e. The zero-order chi connectivity index (χ0) is 24.2. The van der Waals surface area contributed by atoms with E-state index in [1.165, 1.54) is 25.3 Å². The Labute approximate surface area is 196 Å². The van der Waals surface area contributed by atoms with Gasteiger partial charge in [0.1, 0.15) is 0 Å². The summed E-state index contributed by atoms with van der Waals surface area (Å²) in [6.07, 6.45) is 2.34. The third kappa shape index (κ3) is 4.94. The van der Waals surface area contributed by atoms with Crippen LogP contribution in [0.3, 0.4) is 0 Å². The number of esters is 1. The normalized spacial score (nSPS) is 17.9. The molecule has 3 aromatic rings. The van der Waals surface area contributed by atoms with E-state index in [1.54, 1.807) is 30.3 Å². The molecule has 1 N–H and O–H groups in total. The number of methoxy groups -OCH3 is 1. The fourth-order valence-corrected chi connectivity index (χ4v) is 4.41. The van der Waals surface area contributed by atoms with Crippen LogP contribution in [-0.2, 0) is 11.4 Å². The molecule has 4 rings (SSSR count). The summed E-state index contributed by atoms with van der Waals surface area (Å²) in [7, 11) is 1.41. The molecular formula is C27H25F3O4. The second kappa shape index (κ2) is 10.3. The summed E-state index contributed by atoms with van der Waals surface area (Å²) >= 11 is 0. The van der Waals surface area contributed by atoms with E-state index in [4.69, 9.17) is 14.6 Å². The summed E-state index contributed by atoms with van der Waals surface area (Å²) in [5.41, 5.74) is 1.98. The molecule has 0 aliphatic heterocycles. The van der Waals surface area contributed by atoms with Gasteiger partial charge in [0.2, 0.25) is 5.82 Å². The molecule has 1 aliphatic rings. The molecule has 4 nitrogen and oxygen atoms in total. The quantitative estimate of drug-likeness (QED) is 0.347. The van der Waals surface area contributed by atoms with Gasteiger partial charge in [-0.25, -0.2) is 8.78 Å². The lowest BCUT2D eigenvalue weighted by molar-refractivity contribution is -0.140. The Bertz CT molecular complexity index is 1170. The van der Waals surface area contributed by atoms with Gasteiger partial charge >= 0.3 is 5.97 Å². The predicted molar refractivity (Wildman–Crippen MR) is 121 cm³/mol. The molecule has 0 radical (unpaired) electrons. The maximum absolute atomic E-state index is 14.7. The van der Waals surface area contributed by atoms with E-state index < -0.39 is 35.1 Å². The van der Waals surface area contributed by atoms with E-state index in [0.717, 1.165) is 5.56 Å². The summed E-state index contributed by atoms with van der Waals surface area (Å²) in [6, 6.07) is 13.9. The van der Waals surface area contributed by atoms with E-state index in [2.05, 4.69) is 0 Å². The minimum absolute atomic E-state index is 0.0361. The van der Waals surface area contributed by atoms with Gasteiger partial charge in [0.25, 0.3) is 0 Å². The smallest absolute Gasteiger partial charge is 0.314 e. The average molecular weight is 470 g/mol. The van der Waals surface area contributed by atoms with Crippen LogP contribution in [0.4, 0.5) is 13.2 Å². The van der Waals surface area contributed by atoms with Crippen LogP contribution in [-0.4, -0.2) is 18.2 Å². The standard InChI is InChI=1S/C27H25F3O4/c1-33-23-12-10-20(14-22(23)28)17-6-8-19(9-7-17)27(32)34-24-13-11-21(25(29)26(24)30)18-4-2-16(15-31)3-5-18/h2-5,10-14,17,19,31H,6-9,15H2,1H3. The third-order valence-electron chi connectivity index (χ3n) is 6.41. The lowest BCUT2D eigenvalue weighted by Crippen LogP contribution is -2.25. The van der Waals surface area contributed by atoms with Crippen LogP contribution >= 0.6 is 0 Å². The highest BCUT2D eigenvalue weighted by Gasteiger charge is 2.30. The van der Waals surface area contributed by atoms with Crippen LogP contribution < -0.4 is 9.47 Å². The number of halogens is 3. The van der Waals surface area contributed by atoms with Crippen molar-refractivity contribution in [1.82, 2.24) is 0 Å². The number of benzene rings is 3. The van der Waals surface area contributed by atoms with Gasteiger partial charge < -0.3 is 14.6 Å². The van der Waals surface area contributed by atoms with Crippen molar-refractivity contribution in [2.45, 2.75) is 38.2 Å². The van der Waals surface area contributed by atoms with E-state index in [-0.39, 0.29) is 23.8 Å². The van der Waals surface area contributed by atoms with Gasteiger partial charge in [0.15, 0.2) is 23.1 Å². The summed E-state index contributed by atoms with van der Waals surface area (Å²) in [4.78, 5) is 12.6. The van der Waals surface area contributed by atoms with Crippen LogP contribution in [0.5, 0.6) is 11.5 Å². The second-order valence-corrected chi connectivity index (χ2v) is 8.46. The molecule has 0 amide bonds. The van der Waals surface area contributed by atoms with E-state index in [9.17, 15) is 18.0 Å². The Hall–Kier alpha value is -3.32. The van der Waals surface area contributed by atoms with Crippen molar-refractivity contribution in [1.29, 1.82) is 0 Å². The van der Waals surface area contributed by atoms with Crippen LogP contribution in [0, 0.1) is 23.4 Å². The van der Waals surface area contributed by atoms with Crippen molar-refractivity contribution in [2.24, 2.45) is 5.92 Å². The van der Waals surface area contributed by atoms with Crippen molar-refractivity contribution in [3.63, 3.8) is 0 Å². The van der Waals surface area contributed by atoms with Crippen molar-refractivity contribution in [2.75, 3.05) is 7.11 Å². The van der Waals surface area contributed by atoms with Crippen LogP contribution in [0.25, 0.3) is 11.1 Å². The van der Waals surface area contributed by atoms with Gasteiger partial charge in [0.05, 0.1) is 19.6 Å². The molecule has 0 atom stereocenters. The molecule has 3 aromatic carbocycles. The van der Waals surface area contributed by atoms with Crippen LogP contribution in [0.15, 0.2) is 54.6 Å². The SMILES string of the molecule is COc1ccc(C2CCC(C(=O)Oc3ccc(-c4ccc(CO)cc4)c(F)c3F)CC2)cc1F. The fourth-order valence-electron chi connectivity index (χ4n) is 4.41. The summed E-state index contributed by atoms with van der Waals surface area (Å²) in [5.74, 6) is -3.94. The molecule has 7 heteroatoms. The van der Waals surface area contributed by atoms with Gasteiger partial charge in [-0.2, -0.15) is 4.39 Å². The topological polar surface area (TPSA) is 55.8 Å². The maximum atomic E-state index is 14.7. The third-order valence-corrected chi connectivity index (χ3v) is 6.41. The molecule has 1 saturated carbocycles. The number of ether oxygens (including phenoxy) is 2. The molecule has 0 unspecified atom stereocenters. The molecular weight excluding hydrogens is 445 g/mol. The molecule has 0 spiro atoms. The van der Waals surface area contributed by atoms with E-state index in [1.807, 2.05) is 6.07 Å². The average Bonchev–Trinajstić information content (AvgIpc) is 2.87. The van der Waals surface area contributed by atoms with Gasteiger partial charge in [0, 0.05) is 5.56 Å². The lowest BCUT2D eigenvalue weighted by Gasteiger charge is -2.27. The van der Waals surface area contributed by atoms with E-state index in [0.29, 0.717) is 36.8 Å². The van der Waals surface area contributed by atoms with Crippen molar-refractivity contribution < 1.29 is 32.5 Å². The largest absolute Gasteiger partial charge is 0.494 e. The minimum atomic E-state index is -1.22. The number of aliphatic hydroxyl groups is 1. The molecule has 34 heavy (non-hydrogen) atoms. The molecule has 0 heterocycles. The minimum Gasteiger partial charge on any atom is -0.494 e. The van der Waals surface area contributed by atoms with Gasteiger partial charge in [-0.3, -0.25) is 4.79 Å². The first kappa shape index (κ1) is 23.8. The Balaban J connectivity index is 1.40. The zero-order valence-corrected chi connectivity index (χ0v) is 18.7. The number of hydrogen-bond donors (Lipinski definition) is 1.